The van der Waals surface area contributed by atoms with Crippen LogP contribution in [0.1, 0.15) is 5.56 Å². The van der Waals surface area contributed by atoms with Crippen LogP contribution in [0, 0.1) is 18.6 Å². The third-order valence-corrected chi connectivity index (χ3v) is 6.50. The van der Waals surface area contributed by atoms with Crippen LogP contribution in [-0.4, -0.2) is 90.1 Å². The van der Waals surface area contributed by atoms with Crippen LogP contribution in [0.3, 0.4) is 0 Å². The first-order chi connectivity index (χ1) is 17.0. The largest absolute Gasteiger partial charge is 0.379 e. The Balaban J connectivity index is 1.19. The molecule has 3 aromatic rings. The van der Waals surface area contributed by atoms with Crippen molar-refractivity contribution in [1.29, 1.82) is 0 Å². The van der Waals surface area contributed by atoms with Gasteiger partial charge in [0.05, 0.1) is 18.9 Å². The van der Waals surface area contributed by atoms with Gasteiger partial charge >= 0.3 is 0 Å². The van der Waals surface area contributed by atoms with Crippen molar-refractivity contribution in [3.8, 4) is 5.69 Å². The summed E-state index contributed by atoms with van der Waals surface area (Å²) in [5.74, 6) is -0.955. The van der Waals surface area contributed by atoms with E-state index in [9.17, 15) is 8.78 Å². The van der Waals surface area contributed by atoms with Crippen LogP contribution < -0.4 is 10.2 Å². The van der Waals surface area contributed by atoms with Gasteiger partial charge < -0.3 is 15.0 Å². The first-order valence-corrected chi connectivity index (χ1v) is 12.1. The molecule has 1 aromatic heterocycles. The van der Waals surface area contributed by atoms with Crippen LogP contribution in [-0.2, 0) is 4.74 Å². The van der Waals surface area contributed by atoms with E-state index in [1.54, 1.807) is 0 Å². The summed E-state index contributed by atoms with van der Waals surface area (Å²) in [6.07, 6.45) is 1.43. The van der Waals surface area contributed by atoms with Crippen molar-refractivity contribution >= 4 is 17.3 Å². The fourth-order valence-corrected chi connectivity index (χ4v) is 4.60. The first kappa shape index (κ1) is 23.7. The molecule has 3 heterocycles. The second-order valence-electron chi connectivity index (χ2n) is 9.11. The molecule has 2 aliphatic heterocycles. The van der Waals surface area contributed by atoms with Crippen molar-refractivity contribution in [2.45, 2.75) is 6.92 Å². The summed E-state index contributed by atoms with van der Waals surface area (Å²) in [5, 5.41) is 7.55. The number of aryl methyl sites for hydroxylation is 1. The van der Waals surface area contributed by atoms with Gasteiger partial charge in [-0.25, -0.2) is 13.5 Å². The number of hydrogen-bond acceptors (Lipinski definition) is 7. The molecule has 0 aliphatic carbocycles. The molecule has 8 nitrogen and oxygen atoms in total. The van der Waals surface area contributed by atoms with Crippen LogP contribution in [0.2, 0.25) is 0 Å². The molecule has 2 aromatic carbocycles. The smallest absolute Gasteiger partial charge is 0.246 e. The molecule has 2 saturated heterocycles. The van der Waals surface area contributed by atoms with Gasteiger partial charge in [-0.15, -0.1) is 5.10 Å². The van der Waals surface area contributed by atoms with Crippen molar-refractivity contribution in [2.24, 2.45) is 0 Å². The summed E-state index contributed by atoms with van der Waals surface area (Å²) in [6, 6.07) is 9.58. The van der Waals surface area contributed by atoms with E-state index in [-0.39, 0.29) is 5.69 Å². The lowest BCUT2D eigenvalue weighted by molar-refractivity contribution is 0.0331. The minimum Gasteiger partial charge on any atom is -0.379 e. The van der Waals surface area contributed by atoms with E-state index in [2.05, 4.69) is 49.2 Å². The summed E-state index contributed by atoms with van der Waals surface area (Å²) in [7, 11) is 0. The maximum absolute atomic E-state index is 13.6. The maximum Gasteiger partial charge on any atom is 0.246 e. The van der Waals surface area contributed by atoms with Crippen LogP contribution in [0.15, 0.2) is 42.7 Å². The van der Waals surface area contributed by atoms with Gasteiger partial charge in [-0.1, -0.05) is 0 Å². The summed E-state index contributed by atoms with van der Waals surface area (Å²) in [5.41, 5.74) is 3.44. The zero-order valence-electron chi connectivity index (χ0n) is 20.0. The molecule has 1 N–H and O–H groups in total. The number of aromatic nitrogens is 3. The van der Waals surface area contributed by atoms with E-state index in [1.165, 1.54) is 23.1 Å². The lowest BCUT2D eigenvalue weighted by atomic mass is 10.1. The number of piperazine rings is 1. The Labute approximate surface area is 204 Å². The lowest BCUT2D eigenvalue weighted by Gasteiger charge is -2.37. The van der Waals surface area contributed by atoms with Gasteiger partial charge in [0, 0.05) is 69.8 Å². The molecule has 2 aliphatic rings. The average Bonchev–Trinajstić information content (AvgIpc) is 3.31. The monoisotopic (exact) mass is 483 g/mol. The summed E-state index contributed by atoms with van der Waals surface area (Å²) in [6.45, 7) is 12.0. The molecule has 5 rings (SSSR count). The van der Waals surface area contributed by atoms with Gasteiger partial charge in [0.15, 0.2) is 0 Å². The van der Waals surface area contributed by atoms with Gasteiger partial charge in [-0.2, -0.15) is 4.98 Å². The van der Waals surface area contributed by atoms with Crippen LogP contribution in [0.5, 0.6) is 0 Å². The van der Waals surface area contributed by atoms with Crippen molar-refractivity contribution < 1.29 is 13.5 Å². The molecule has 35 heavy (non-hydrogen) atoms. The fourth-order valence-electron chi connectivity index (χ4n) is 4.60. The predicted molar refractivity (Wildman–Crippen MR) is 132 cm³/mol. The van der Waals surface area contributed by atoms with Gasteiger partial charge in [-0.3, -0.25) is 9.80 Å². The minimum absolute atomic E-state index is 0.277. The molecular weight excluding hydrogens is 452 g/mol. The Morgan fingerprint density at radius 3 is 2.23 bits per heavy atom. The highest BCUT2D eigenvalue weighted by atomic mass is 19.1. The zero-order valence-corrected chi connectivity index (χ0v) is 20.0. The van der Waals surface area contributed by atoms with Crippen molar-refractivity contribution in [3.05, 3.63) is 59.9 Å². The van der Waals surface area contributed by atoms with Gasteiger partial charge in [0.25, 0.3) is 0 Å². The first-order valence-electron chi connectivity index (χ1n) is 12.1. The average molecular weight is 484 g/mol. The third kappa shape index (κ3) is 6.14. The normalized spacial score (nSPS) is 17.6. The number of nitrogens with zero attached hydrogens (tertiary/aromatic N) is 6. The molecule has 0 radical (unpaired) electrons. The van der Waals surface area contributed by atoms with Crippen LogP contribution in [0.25, 0.3) is 5.69 Å². The van der Waals surface area contributed by atoms with E-state index >= 15 is 0 Å². The number of rotatable bonds is 7. The third-order valence-electron chi connectivity index (χ3n) is 6.50. The van der Waals surface area contributed by atoms with Gasteiger partial charge in [0.2, 0.25) is 5.95 Å². The molecule has 0 saturated carbocycles. The van der Waals surface area contributed by atoms with Crippen molar-refractivity contribution in [3.63, 3.8) is 0 Å². The molecule has 0 amide bonds. The second kappa shape index (κ2) is 10.7. The Kier molecular flexibility index (Phi) is 7.21. The topological polar surface area (TPSA) is 61.7 Å². The van der Waals surface area contributed by atoms with E-state index in [0.717, 1.165) is 88.6 Å². The lowest BCUT2D eigenvalue weighted by Crippen LogP contribution is -2.49. The Morgan fingerprint density at radius 2 is 1.51 bits per heavy atom. The Hall–Kier alpha value is -3.08. The highest BCUT2D eigenvalue weighted by molar-refractivity contribution is 5.64. The van der Waals surface area contributed by atoms with E-state index in [4.69, 9.17) is 4.74 Å². The fraction of sp³-hybridized carbons (Fsp3) is 0.440. The molecule has 0 bridgehead atoms. The van der Waals surface area contributed by atoms with Crippen molar-refractivity contribution in [2.75, 3.05) is 75.8 Å². The van der Waals surface area contributed by atoms with Gasteiger partial charge in [-0.05, 0) is 42.8 Å². The molecule has 0 spiro atoms. The number of nitrogens with one attached hydrogen (secondary N) is 1. The molecule has 0 unspecified atom stereocenters. The van der Waals surface area contributed by atoms with Crippen LogP contribution >= 0.6 is 0 Å². The molecular formula is C25H31F2N7O. The highest BCUT2D eigenvalue weighted by Gasteiger charge is 2.19. The number of hydrogen-bond donors (Lipinski definition) is 1. The number of halogens is 2. The van der Waals surface area contributed by atoms with Crippen LogP contribution in [0.4, 0.5) is 26.1 Å². The number of ether oxygens (including phenoxy) is 1. The summed E-state index contributed by atoms with van der Waals surface area (Å²) in [4.78, 5) is 11.7. The number of anilines is 3. The Morgan fingerprint density at radius 1 is 0.829 bits per heavy atom. The van der Waals surface area contributed by atoms with E-state index in [0.29, 0.717) is 5.95 Å². The summed E-state index contributed by atoms with van der Waals surface area (Å²) >= 11 is 0. The SMILES string of the molecule is Cc1cc(Nc2ncn(-c3cc(F)cc(F)c3)n2)cc(N2CCN(CCN3CCOCC3)CC2)c1. The second-order valence-corrected chi connectivity index (χ2v) is 9.11. The Bertz CT molecular complexity index is 1120. The number of morpholine rings is 1. The molecule has 10 heteroatoms. The van der Waals surface area contributed by atoms with Crippen molar-refractivity contribution in [1.82, 2.24) is 24.6 Å². The van der Waals surface area contributed by atoms with E-state index < -0.39 is 11.6 Å². The highest BCUT2D eigenvalue weighted by Crippen LogP contribution is 2.25. The van der Waals surface area contributed by atoms with E-state index in [1.807, 2.05) is 6.07 Å². The molecule has 186 valence electrons. The minimum atomic E-state index is -0.658. The number of benzene rings is 2. The quantitative estimate of drug-likeness (QED) is 0.554. The predicted octanol–water partition coefficient (Wildman–Crippen LogP) is 3.05. The van der Waals surface area contributed by atoms with Gasteiger partial charge in [0.1, 0.15) is 18.0 Å². The zero-order chi connectivity index (χ0) is 24.2. The standard InChI is InChI=1S/C25H31F2N7O/c1-19-12-22(29-25-28-18-34(30-25)24-15-20(26)14-21(27)16-24)17-23(13-19)33-6-4-31(5-7-33)2-3-32-8-10-35-11-9-32/h12-18H,2-11H2,1H3,(H,29,30). The molecule has 2 fully saturated rings. The maximum atomic E-state index is 13.6. The summed E-state index contributed by atoms with van der Waals surface area (Å²) < 4.78 is 33.9. The molecule has 0 atom stereocenters.